The number of halogens is 2. The van der Waals surface area contributed by atoms with E-state index in [0.29, 0.717) is 19.7 Å². The van der Waals surface area contributed by atoms with Crippen molar-refractivity contribution in [3.8, 4) is 0 Å². The Morgan fingerprint density at radius 3 is 2.41 bits per heavy atom. The van der Waals surface area contributed by atoms with Crippen LogP contribution >= 0.6 is 45.2 Å². The Balaban J connectivity index is 2.10. The largest absolute Gasteiger partial charge is 0.464 e. The normalized spacial score (nSPS) is 20.4. The fraction of sp³-hybridized carbons (Fsp3) is 0.889. The van der Waals surface area contributed by atoms with Crippen molar-refractivity contribution in [1.82, 2.24) is 0 Å². The van der Waals surface area contributed by atoms with E-state index >= 15 is 0 Å². The SMILES string of the molecule is O=C(OCCC[NH+]1CCS(=O)(=O)CC1)C(I)I. The van der Waals surface area contributed by atoms with Gasteiger partial charge >= 0.3 is 5.97 Å². The maximum atomic E-state index is 11.2. The van der Waals surface area contributed by atoms with Crippen LogP contribution in [0.25, 0.3) is 0 Å². The van der Waals surface area contributed by atoms with Gasteiger partial charge in [0, 0.05) is 6.42 Å². The molecule has 17 heavy (non-hydrogen) atoms. The van der Waals surface area contributed by atoms with Gasteiger partial charge in [-0.1, -0.05) is 45.2 Å². The molecule has 0 atom stereocenters. The minimum absolute atomic E-state index is 0.141. The van der Waals surface area contributed by atoms with Crippen LogP contribution in [0, 0.1) is 0 Å². The molecule has 1 aliphatic heterocycles. The summed E-state index contributed by atoms with van der Waals surface area (Å²) in [6, 6.07) is 0. The molecule has 100 valence electrons. The molecule has 0 saturated carbocycles. The van der Waals surface area contributed by atoms with Crippen LogP contribution in [0.2, 0.25) is 0 Å². The summed E-state index contributed by atoms with van der Waals surface area (Å²) in [7, 11) is -2.78. The second kappa shape index (κ2) is 7.43. The summed E-state index contributed by atoms with van der Waals surface area (Å²) in [5.41, 5.74) is 0. The van der Waals surface area contributed by atoms with Crippen molar-refractivity contribution in [3.05, 3.63) is 0 Å². The van der Waals surface area contributed by atoms with Gasteiger partial charge in [-0.05, 0) is 0 Å². The summed E-state index contributed by atoms with van der Waals surface area (Å²) in [4.78, 5) is 12.4. The summed E-state index contributed by atoms with van der Waals surface area (Å²) in [6.45, 7) is 2.66. The lowest BCUT2D eigenvalue weighted by molar-refractivity contribution is -0.896. The molecule has 0 aromatic carbocycles. The quantitative estimate of drug-likeness (QED) is 0.244. The number of alkyl halides is 2. The Bertz CT molecular complexity index is 344. The molecular weight excluding hydrogens is 472 g/mol. The summed E-state index contributed by atoms with van der Waals surface area (Å²) >= 11 is 4.01. The Hall–Kier alpha value is 0.840. The number of hydrogen-bond donors (Lipinski definition) is 1. The van der Waals surface area contributed by atoms with E-state index < -0.39 is 9.84 Å². The maximum Gasteiger partial charge on any atom is 0.328 e. The van der Waals surface area contributed by atoms with Crippen molar-refractivity contribution in [2.24, 2.45) is 0 Å². The summed E-state index contributed by atoms with van der Waals surface area (Å²) in [6.07, 6.45) is 0.793. The molecule has 0 bridgehead atoms. The van der Waals surface area contributed by atoms with Gasteiger partial charge in [0.05, 0.1) is 37.7 Å². The summed E-state index contributed by atoms with van der Waals surface area (Å²) in [5, 5.41) is 0. The standard InChI is InChI=1S/C9H15I2NO4S/c10-8(11)9(13)16-5-1-2-12-3-6-17(14,15)7-4-12/h8H,1-7H2/p+1. The number of quaternary nitrogens is 1. The fourth-order valence-electron chi connectivity index (χ4n) is 1.63. The highest BCUT2D eigenvalue weighted by Gasteiger charge is 2.24. The van der Waals surface area contributed by atoms with E-state index in [1.165, 1.54) is 4.90 Å². The number of carbonyl (C=O) groups is 1. The van der Waals surface area contributed by atoms with Crippen LogP contribution < -0.4 is 4.90 Å². The molecule has 0 aromatic rings. The van der Waals surface area contributed by atoms with Gasteiger partial charge in [0.1, 0.15) is 0 Å². The average Bonchev–Trinajstić information content (AvgIpc) is 2.25. The van der Waals surface area contributed by atoms with Gasteiger partial charge in [-0.2, -0.15) is 0 Å². The zero-order valence-electron chi connectivity index (χ0n) is 9.32. The van der Waals surface area contributed by atoms with Gasteiger partial charge in [0.25, 0.3) is 0 Å². The smallest absolute Gasteiger partial charge is 0.328 e. The third kappa shape index (κ3) is 6.53. The van der Waals surface area contributed by atoms with Crippen LogP contribution in [0.3, 0.4) is 0 Å². The molecular formula is C9H16I2NO4S+. The summed E-state index contributed by atoms with van der Waals surface area (Å²) < 4.78 is 27.3. The topological polar surface area (TPSA) is 64.9 Å². The molecule has 0 aliphatic carbocycles. The first-order valence-electron chi connectivity index (χ1n) is 5.39. The highest BCUT2D eigenvalue weighted by Crippen LogP contribution is 2.11. The Morgan fingerprint density at radius 2 is 1.88 bits per heavy atom. The molecule has 8 heteroatoms. The fourth-order valence-corrected chi connectivity index (χ4v) is 3.40. The van der Waals surface area contributed by atoms with Crippen molar-refractivity contribution >= 4 is 61.0 Å². The molecule has 5 nitrogen and oxygen atoms in total. The van der Waals surface area contributed by atoms with Gasteiger partial charge in [-0.15, -0.1) is 0 Å². The van der Waals surface area contributed by atoms with E-state index in [0.717, 1.165) is 13.0 Å². The number of esters is 1. The average molecular weight is 488 g/mol. The minimum Gasteiger partial charge on any atom is -0.464 e. The van der Waals surface area contributed by atoms with Crippen LogP contribution in [-0.4, -0.2) is 54.1 Å². The zero-order valence-corrected chi connectivity index (χ0v) is 14.5. The lowest BCUT2D eigenvalue weighted by Crippen LogP contribution is -3.14. The molecule has 0 aromatic heterocycles. The van der Waals surface area contributed by atoms with Crippen LogP contribution in [0.1, 0.15) is 6.42 Å². The van der Waals surface area contributed by atoms with Gasteiger partial charge < -0.3 is 9.64 Å². The number of rotatable bonds is 5. The van der Waals surface area contributed by atoms with Crippen LogP contribution in [-0.2, 0) is 19.4 Å². The molecule has 1 heterocycles. The van der Waals surface area contributed by atoms with E-state index in [9.17, 15) is 13.2 Å². The van der Waals surface area contributed by atoms with Crippen LogP contribution in [0.15, 0.2) is 0 Å². The predicted octanol–water partition coefficient (Wildman–Crippen LogP) is -0.571. The second-order valence-corrected chi connectivity index (χ2v) is 11.2. The first kappa shape index (κ1) is 15.9. The zero-order chi connectivity index (χ0) is 12.9. The summed E-state index contributed by atoms with van der Waals surface area (Å²) in [5.74, 6) is 0.375. The van der Waals surface area contributed by atoms with E-state index in [2.05, 4.69) is 0 Å². The highest BCUT2D eigenvalue weighted by atomic mass is 127. The van der Waals surface area contributed by atoms with Crippen molar-refractivity contribution in [2.45, 2.75) is 8.35 Å². The van der Waals surface area contributed by atoms with Gasteiger partial charge in [0.15, 0.2) is 11.8 Å². The van der Waals surface area contributed by atoms with Gasteiger partial charge in [0.2, 0.25) is 0 Å². The van der Waals surface area contributed by atoms with Crippen molar-refractivity contribution < 1.29 is 22.8 Å². The van der Waals surface area contributed by atoms with E-state index in [1.54, 1.807) is 0 Å². The third-order valence-corrected chi connectivity index (χ3v) is 5.30. The first-order chi connectivity index (χ1) is 7.91. The molecule has 0 amide bonds. The molecule has 1 N–H and O–H groups in total. The number of hydrogen-bond acceptors (Lipinski definition) is 4. The predicted molar refractivity (Wildman–Crippen MR) is 81.6 cm³/mol. The van der Waals surface area contributed by atoms with Crippen LogP contribution in [0.5, 0.6) is 0 Å². The molecule has 1 rings (SSSR count). The maximum absolute atomic E-state index is 11.2. The first-order valence-corrected chi connectivity index (χ1v) is 9.71. The molecule has 0 spiro atoms. The number of ether oxygens (including phenoxy) is 1. The lowest BCUT2D eigenvalue weighted by atomic mass is 10.4. The second-order valence-electron chi connectivity index (χ2n) is 3.97. The van der Waals surface area contributed by atoms with E-state index in [1.807, 2.05) is 45.2 Å². The van der Waals surface area contributed by atoms with Crippen molar-refractivity contribution in [2.75, 3.05) is 37.7 Å². The van der Waals surface area contributed by atoms with E-state index in [4.69, 9.17) is 4.74 Å². The van der Waals surface area contributed by atoms with Crippen LogP contribution in [0.4, 0.5) is 0 Å². The molecule has 1 saturated heterocycles. The Kier molecular flexibility index (Phi) is 6.95. The van der Waals surface area contributed by atoms with E-state index in [-0.39, 0.29) is 19.4 Å². The van der Waals surface area contributed by atoms with Crippen molar-refractivity contribution in [1.29, 1.82) is 0 Å². The third-order valence-electron chi connectivity index (χ3n) is 2.63. The Morgan fingerprint density at radius 1 is 1.29 bits per heavy atom. The molecule has 0 radical (unpaired) electrons. The molecule has 1 fully saturated rings. The number of nitrogens with one attached hydrogen (secondary N) is 1. The molecule has 0 unspecified atom stereocenters. The number of sulfone groups is 1. The minimum atomic E-state index is -2.78. The monoisotopic (exact) mass is 488 g/mol. The highest BCUT2D eigenvalue weighted by molar-refractivity contribution is 14.2. The van der Waals surface area contributed by atoms with Crippen molar-refractivity contribution in [3.63, 3.8) is 0 Å². The number of carbonyl (C=O) groups excluding carboxylic acids is 1. The van der Waals surface area contributed by atoms with Gasteiger partial charge in [-0.25, -0.2) is 8.42 Å². The lowest BCUT2D eigenvalue weighted by Gasteiger charge is -2.23. The van der Waals surface area contributed by atoms with Gasteiger partial charge in [-0.3, -0.25) is 4.79 Å². The molecule has 1 aliphatic rings. The Labute approximate surface area is 129 Å².